The third-order valence-electron chi connectivity index (χ3n) is 5.87. The quantitative estimate of drug-likeness (QED) is 0.433. The molecule has 1 atom stereocenters. The zero-order chi connectivity index (χ0) is 23.0. The average Bonchev–Trinajstić information content (AvgIpc) is 3.50. The monoisotopic (exact) mass is 435 g/mol. The summed E-state index contributed by atoms with van der Waals surface area (Å²) in [6.07, 6.45) is 5.78. The molecule has 5 N–H and O–H groups in total. The second-order valence-electron chi connectivity index (χ2n) is 9.07. The van der Waals surface area contributed by atoms with Gasteiger partial charge in [-0.2, -0.15) is 5.10 Å². The maximum Gasteiger partial charge on any atom is 0.252 e. The van der Waals surface area contributed by atoms with Crippen molar-refractivity contribution in [1.29, 1.82) is 0 Å². The van der Waals surface area contributed by atoms with Crippen molar-refractivity contribution in [2.75, 3.05) is 5.32 Å². The molecule has 2 amide bonds. The van der Waals surface area contributed by atoms with Crippen LogP contribution in [0.3, 0.4) is 0 Å². The number of anilines is 1. The number of nitrogens with one attached hydrogen (secondary N) is 2. The largest absolute Gasteiger partial charge is 0.381 e. The van der Waals surface area contributed by atoms with Crippen LogP contribution in [0, 0.1) is 5.92 Å². The number of nitrogens with two attached hydrogens (primary N) is 1. The van der Waals surface area contributed by atoms with E-state index in [1.54, 1.807) is 4.52 Å². The van der Waals surface area contributed by atoms with Crippen molar-refractivity contribution in [2.45, 2.75) is 51.8 Å². The van der Waals surface area contributed by atoms with E-state index in [9.17, 15) is 14.7 Å². The van der Waals surface area contributed by atoms with Crippen LogP contribution >= 0.6 is 0 Å². The predicted molar refractivity (Wildman–Crippen MR) is 123 cm³/mol. The van der Waals surface area contributed by atoms with Crippen LogP contribution in [0.5, 0.6) is 0 Å². The van der Waals surface area contributed by atoms with Crippen LogP contribution in [-0.2, 0) is 11.3 Å². The molecule has 8 heteroatoms. The summed E-state index contributed by atoms with van der Waals surface area (Å²) in [5, 5.41) is 20.4. The average molecular weight is 436 g/mol. The Morgan fingerprint density at radius 3 is 2.69 bits per heavy atom. The van der Waals surface area contributed by atoms with E-state index in [2.05, 4.69) is 22.7 Å². The third kappa shape index (κ3) is 4.60. The van der Waals surface area contributed by atoms with E-state index in [4.69, 9.17) is 5.73 Å². The Kier molecular flexibility index (Phi) is 5.64. The fourth-order valence-corrected chi connectivity index (χ4v) is 3.75. The van der Waals surface area contributed by atoms with Crippen LogP contribution in [0.15, 0.2) is 42.7 Å². The predicted octanol–water partition coefficient (Wildman–Crippen LogP) is 2.70. The molecule has 1 aromatic carbocycles. The van der Waals surface area contributed by atoms with E-state index in [0.717, 1.165) is 22.2 Å². The van der Waals surface area contributed by atoms with Gasteiger partial charge in [0.25, 0.3) is 11.8 Å². The number of aromatic nitrogens is 2. The summed E-state index contributed by atoms with van der Waals surface area (Å²) in [6.45, 7) is 5.33. The molecule has 0 unspecified atom stereocenters. The van der Waals surface area contributed by atoms with E-state index in [1.807, 2.05) is 36.5 Å². The first-order valence-corrected chi connectivity index (χ1v) is 10.8. The van der Waals surface area contributed by atoms with Gasteiger partial charge in [0.2, 0.25) is 0 Å². The minimum atomic E-state index is -1.43. The molecule has 0 bridgehead atoms. The zero-order valence-electron chi connectivity index (χ0n) is 18.6. The maximum atomic E-state index is 12.0. The smallest absolute Gasteiger partial charge is 0.252 e. The third-order valence-corrected chi connectivity index (χ3v) is 5.87. The van der Waals surface area contributed by atoms with Crippen LogP contribution in [0.2, 0.25) is 0 Å². The Balaban J connectivity index is 1.65. The van der Waals surface area contributed by atoms with Gasteiger partial charge in [0, 0.05) is 24.3 Å². The maximum absolute atomic E-state index is 12.0. The van der Waals surface area contributed by atoms with Gasteiger partial charge in [-0.3, -0.25) is 9.59 Å². The summed E-state index contributed by atoms with van der Waals surface area (Å²) in [7, 11) is 0. The van der Waals surface area contributed by atoms with Gasteiger partial charge in [0.1, 0.15) is 5.60 Å². The molecule has 0 saturated heterocycles. The molecular formula is C24H29N5O3. The standard InChI is InChI=1S/C24H29N5O3/c1-14(16-7-8-16)28-21-19(22(25)30)12-27-29-13-18(10-20(21)29)17-6-4-5-15(9-17)11-26-23(31)24(2,3)32/h4-6,9-10,12-14,16,28,32H,7-8,11H2,1-3H3,(H2,25,30)(H,26,31)/t14-/m1/s1. The molecule has 32 heavy (non-hydrogen) atoms. The number of rotatable bonds is 8. The van der Waals surface area contributed by atoms with Crippen molar-refractivity contribution >= 4 is 23.0 Å². The van der Waals surface area contributed by atoms with E-state index in [1.165, 1.54) is 32.9 Å². The summed E-state index contributed by atoms with van der Waals surface area (Å²) >= 11 is 0. The normalized spacial score (nSPS) is 14.9. The van der Waals surface area contributed by atoms with Crippen molar-refractivity contribution in [3.05, 3.63) is 53.9 Å². The van der Waals surface area contributed by atoms with Gasteiger partial charge in [-0.15, -0.1) is 0 Å². The van der Waals surface area contributed by atoms with Gasteiger partial charge in [-0.1, -0.05) is 18.2 Å². The van der Waals surface area contributed by atoms with Gasteiger partial charge >= 0.3 is 0 Å². The van der Waals surface area contributed by atoms with Crippen LogP contribution in [0.1, 0.15) is 49.5 Å². The van der Waals surface area contributed by atoms with Crippen LogP contribution in [0.25, 0.3) is 16.6 Å². The highest BCUT2D eigenvalue weighted by molar-refractivity contribution is 6.02. The number of carbonyl (C=O) groups is 2. The van der Waals surface area contributed by atoms with E-state index in [0.29, 0.717) is 23.7 Å². The molecular weight excluding hydrogens is 406 g/mol. The molecule has 0 radical (unpaired) electrons. The molecule has 1 fully saturated rings. The number of nitrogens with zero attached hydrogens (tertiary/aromatic N) is 2. The molecule has 4 rings (SSSR count). The molecule has 1 saturated carbocycles. The number of hydrogen-bond acceptors (Lipinski definition) is 5. The number of aliphatic hydroxyl groups is 1. The molecule has 1 aliphatic carbocycles. The van der Waals surface area contributed by atoms with Gasteiger partial charge in [-0.05, 0) is 62.8 Å². The van der Waals surface area contributed by atoms with E-state index in [-0.39, 0.29) is 6.04 Å². The van der Waals surface area contributed by atoms with Crippen molar-refractivity contribution in [2.24, 2.45) is 11.7 Å². The van der Waals surface area contributed by atoms with Crippen LogP contribution < -0.4 is 16.4 Å². The van der Waals surface area contributed by atoms with E-state index < -0.39 is 17.4 Å². The van der Waals surface area contributed by atoms with Crippen molar-refractivity contribution in [3.63, 3.8) is 0 Å². The van der Waals surface area contributed by atoms with Crippen molar-refractivity contribution < 1.29 is 14.7 Å². The lowest BCUT2D eigenvalue weighted by Crippen LogP contribution is -2.41. The second-order valence-corrected chi connectivity index (χ2v) is 9.07. The van der Waals surface area contributed by atoms with Gasteiger partial charge in [0.15, 0.2) is 0 Å². The molecule has 2 heterocycles. The molecule has 3 aromatic rings. The first-order valence-electron chi connectivity index (χ1n) is 10.8. The Bertz CT molecular complexity index is 1170. The summed E-state index contributed by atoms with van der Waals surface area (Å²) in [5.74, 6) is -0.340. The number of carbonyl (C=O) groups excluding carboxylic acids is 2. The first-order chi connectivity index (χ1) is 15.1. The minimum Gasteiger partial charge on any atom is -0.381 e. The van der Waals surface area contributed by atoms with Crippen LogP contribution in [0.4, 0.5) is 5.69 Å². The Morgan fingerprint density at radius 1 is 1.28 bits per heavy atom. The zero-order valence-corrected chi connectivity index (χ0v) is 18.6. The molecule has 8 nitrogen and oxygen atoms in total. The fourth-order valence-electron chi connectivity index (χ4n) is 3.75. The summed E-state index contributed by atoms with van der Waals surface area (Å²) in [6, 6.07) is 10.0. The molecule has 0 aliphatic heterocycles. The molecule has 1 aliphatic rings. The number of benzene rings is 1. The number of hydrogen-bond donors (Lipinski definition) is 4. The molecule has 168 valence electrons. The van der Waals surface area contributed by atoms with Crippen LogP contribution in [-0.4, -0.2) is 38.2 Å². The molecule has 2 aromatic heterocycles. The highest BCUT2D eigenvalue weighted by atomic mass is 16.3. The lowest BCUT2D eigenvalue weighted by atomic mass is 10.0. The lowest BCUT2D eigenvalue weighted by molar-refractivity contribution is -0.136. The Morgan fingerprint density at radius 2 is 2.03 bits per heavy atom. The number of fused-ring (bicyclic) bond motifs is 1. The Labute approximate surface area is 186 Å². The van der Waals surface area contributed by atoms with Crippen molar-refractivity contribution in [3.8, 4) is 11.1 Å². The summed E-state index contributed by atoms with van der Waals surface area (Å²) < 4.78 is 1.74. The van der Waals surface area contributed by atoms with Crippen molar-refractivity contribution in [1.82, 2.24) is 14.9 Å². The summed E-state index contributed by atoms with van der Waals surface area (Å²) in [4.78, 5) is 24.0. The van der Waals surface area contributed by atoms with Gasteiger partial charge < -0.3 is 21.5 Å². The second kappa shape index (κ2) is 8.27. The first kappa shape index (κ1) is 21.8. The van der Waals surface area contributed by atoms with E-state index >= 15 is 0 Å². The van der Waals surface area contributed by atoms with Gasteiger partial charge in [0.05, 0.1) is 23.0 Å². The molecule has 0 spiro atoms. The highest BCUT2D eigenvalue weighted by Gasteiger charge is 2.29. The number of amides is 2. The SMILES string of the molecule is C[C@@H](Nc1c(C(N)=O)cnn2cc(-c3cccc(CNC(=O)C(C)(C)O)c3)cc12)C1CC1. The Hall–Kier alpha value is -3.39. The lowest BCUT2D eigenvalue weighted by Gasteiger charge is -2.17. The topological polar surface area (TPSA) is 122 Å². The summed E-state index contributed by atoms with van der Waals surface area (Å²) in [5.41, 5.74) is 8.83. The minimum absolute atomic E-state index is 0.236. The number of primary amides is 1. The highest BCUT2D eigenvalue weighted by Crippen LogP contribution is 2.36. The fraction of sp³-hybridized carbons (Fsp3) is 0.375. The van der Waals surface area contributed by atoms with Gasteiger partial charge in [-0.25, -0.2) is 4.52 Å².